The molecule has 0 bridgehead atoms. The van der Waals surface area contributed by atoms with Crippen LogP contribution in [0.4, 0.5) is 13.6 Å². The maximum Gasteiger partial charge on any atom is 0.404 e. The molecule has 170 valence electrons. The summed E-state index contributed by atoms with van der Waals surface area (Å²) >= 11 is 0. The van der Waals surface area contributed by atoms with Crippen LogP contribution in [0.1, 0.15) is 36.8 Å². The van der Waals surface area contributed by atoms with Crippen molar-refractivity contribution < 1.29 is 30.9 Å². The predicted molar refractivity (Wildman–Crippen MR) is 110 cm³/mol. The van der Waals surface area contributed by atoms with Gasteiger partial charge in [-0.05, 0) is 11.5 Å². The lowest BCUT2D eigenvalue weighted by atomic mass is 10.1. The molecule has 0 saturated carbocycles. The second-order valence-electron chi connectivity index (χ2n) is 7.20. The molecule has 8 nitrogen and oxygen atoms in total. The molecule has 0 radical (unpaired) electrons. The van der Waals surface area contributed by atoms with Crippen LogP contribution in [0.2, 0.25) is 0 Å². The lowest BCUT2D eigenvalue weighted by molar-refractivity contribution is 0.146. The summed E-state index contributed by atoms with van der Waals surface area (Å²) in [4.78, 5) is 15.3. The Balaban J connectivity index is 2.11. The Morgan fingerprint density at radius 3 is 2.31 bits per heavy atom. The Kier molecular flexibility index (Phi) is 6.78. The first kappa shape index (κ1) is 23.2. The van der Waals surface area contributed by atoms with Crippen LogP contribution in [0.3, 0.4) is 0 Å². The molecular formula is C21H21F2N3O5S. The third kappa shape index (κ3) is 5.41. The Morgan fingerprint density at radius 2 is 1.75 bits per heavy atom. The number of benzene rings is 2. The van der Waals surface area contributed by atoms with Crippen LogP contribution < -0.4 is 9.92 Å². The SMILES string of the molecule is CC(C)c1c(S(=O)(=O)Oc2cc(F)cc(F)c2)nc(COC(N)=O)n1Cc1ccccc1. The molecule has 1 aromatic heterocycles. The summed E-state index contributed by atoms with van der Waals surface area (Å²) in [6.07, 6.45) is -1.05. The maximum absolute atomic E-state index is 13.5. The van der Waals surface area contributed by atoms with Crippen LogP contribution >= 0.6 is 0 Å². The van der Waals surface area contributed by atoms with Gasteiger partial charge in [-0.1, -0.05) is 44.2 Å². The van der Waals surface area contributed by atoms with Crippen molar-refractivity contribution in [2.45, 2.75) is 37.9 Å². The van der Waals surface area contributed by atoms with Gasteiger partial charge in [-0.2, -0.15) is 8.42 Å². The fourth-order valence-corrected chi connectivity index (χ4v) is 4.41. The largest absolute Gasteiger partial charge is 0.442 e. The number of carbonyl (C=O) groups is 1. The van der Waals surface area contributed by atoms with Crippen LogP contribution in [-0.2, 0) is 28.0 Å². The molecule has 0 aliphatic rings. The average molecular weight is 465 g/mol. The number of ether oxygens (including phenoxy) is 1. The van der Waals surface area contributed by atoms with Crippen LogP contribution in [0.15, 0.2) is 53.6 Å². The summed E-state index contributed by atoms with van der Waals surface area (Å²) in [6.45, 7) is 3.34. The molecule has 3 aromatic rings. The average Bonchev–Trinajstić information content (AvgIpc) is 3.05. The van der Waals surface area contributed by atoms with Crippen LogP contribution in [0.5, 0.6) is 5.75 Å². The third-order valence-corrected chi connectivity index (χ3v) is 5.59. The minimum absolute atomic E-state index is 0.115. The van der Waals surface area contributed by atoms with Gasteiger partial charge in [-0.15, -0.1) is 0 Å². The van der Waals surface area contributed by atoms with Gasteiger partial charge < -0.3 is 19.2 Å². The lowest BCUT2D eigenvalue weighted by Gasteiger charge is -2.15. The predicted octanol–water partition coefficient (Wildman–Crippen LogP) is 3.70. The standard InChI is InChI=1S/C21H21F2N3O5S/c1-13(2)19-20(32(28,29)31-17-9-15(22)8-16(23)10-17)25-18(12-30-21(24)27)26(19)11-14-6-4-3-5-7-14/h3-10,13H,11-12H2,1-2H3,(H2,24,27). The van der Waals surface area contributed by atoms with Crippen LogP contribution in [-0.4, -0.2) is 24.1 Å². The minimum atomic E-state index is -4.59. The van der Waals surface area contributed by atoms with Gasteiger partial charge in [-0.3, -0.25) is 0 Å². The number of rotatable bonds is 8. The van der Waals surface area contributed by atoms with E-state index in [0.717, 1.165) is 17.7 Å². The van der Waals surface area contributed by atoms with Gasteiger partial charge in [0.05, 0.1) is 5.69 Å². The molecule has 11 heteroatoms. The summed E-state index contributed by atoms with van der Waals surface area (Å²) in [5.74, 6) is -2.77. The maximum atomic E-state index is 13.5. The first-order valence-electron chi connectivity index (χ1n) is 9.53. The van der Waals surface area contributed by atoms with Crippen molar-refractivity contribution in [2.75, 3.05) is 0 Å². The van der Waals surface area contributed by atoms with Gasteiger partial charge in [0.1, 0.15) is 23.2 Å². The van der Waals surface area contributed by atoms with Gasteiger partial charge in [0.2, 0.25) is 5.03 Å². The van der Waals surface area contributed by atoms with Crippen molar-refractivity contribution in [3.63, 3.8) is 0 Å². The lowest BCUT2D eigenvalue weighted by Crippen LogP contribution is -2.17. The van der Waals surface area contributed by atoms with Crippen molar-refractivity contribution in [1.82, 2.24) is 9.55 Å². The highest BCUT2D eigenvalue weighted by molar-refractivity contribution is 7.87. The van der Waals surface area contributed by atoms with Crippen molar-refractivity contribution >= 4 is 16.2 Å². The summed E-state index contributed by atoms with van der Waals surface area (Å²) in [5.41, 5.74) is 6.16. The number of imidazole rings is 1. The normalized spacial score (nSPS) is 11.5. The summed E-state index contributed by atoms with van der Waals surface area (Å²) in [7, 11) is -4.59. The molecule has 0 spiro atoms. The number of carbonyl (C=O) groups excluding carboxylic acids is 1. The van der Waals surface area contributed by atoms with E-state index in [4.69, 9.17) is 14.7 Å². The smallest absolute Gasteiger partial charge is 0.404 e. The summed E-state index contributed by atoms with van der Waals surface area (Å²) < 4.78 is 64.5. The zero-order valence-electron chi connectivity index (χ0n) is 17.3. The molecule has 2 N–H and O–H groups in total. The number of primary amides is 1. The highest BCUT2D eigenvalue weighted by Gasteiger charge is 2.31. The second kappa shape index (κ2) is 9.35. The molecule has 0 fully saturated rings. The number of hydrogen-bond donors (Lipinski definition) is 1. The molecule has 0 saturated heterocycles. The van der Waals surface area contributed by atoms with Crippen molar-refractivity contribution in [3.8, 4) is 5.75 Å². The highest BCUT2D eigenvalue weighted by Crippen LogP contribution is 2.29. The van der Waals surface area contributed by atoms with E-state index in [9.17, 15) is 22.0 Å². The van der Waals surface area contributed by atoms with E-state index in [1.807, 2.05) is 30.3 Å². The number of nitrogens with zero attached hydrogens (tertiary/aromatic N) is 2. The van der Waals surface area contributed by atoms with E-state index in [2.05, 4.69) is 4.98 Å². The molecule has 3 rings (SSSR count). The van der Waals surface area contributed by atoms with Gasteiger partial charge in [0.25, 0.3) is 0 Å². The molecule has 0 aliphatic heterocycles. The van der Waals surface area contributed by atoms with Crippen molar-refractivity contribution in [1.29, 1.82) is 0 Å². The zero-order chi connectivity index (χ0) is 23.5. The van der Waals surface area contributed by atoms with E-state index in [1.54, 1.807) is 18.4 Å². The minimum Gasteiger partial charge on any atom is -0.442 e. The second-order valence-corrected chi connectivity index (χ2v) is 8.66. The summed E-state index contributed by atoms with van der Waals surface area (Å²) in [6, 6.07) is 11.2. The van der Waals surface area contributed by atoms with Crippen molar-refractivity contribution in [3.05, 3.63) is 77.2 Å². The van der Waals surface area contributed by atoms with E-state index < -0.39 is 38.6 Å². The third-order valence-electron chi connectivity index (χ3n) is 4.40. The van der Waals surface area contributed by atoms with E-state index in [-0.39, 0.29) is 30.6 Å². The number of amides is 1. The number of aromatic nitrogens is 2. The van der Waals surface area contributed by atoms with Crippen LogP contribution in [0.25, 0.3) is 0 Å². The topological polar surface area (TPSA) is 114 Å². The molecule has 0 unspecified atom stereocenters. The van der Waals surface area contributed by atoms with E-state index >= 15 is 0 Å². The Morgan fingerprint density at radius 1 is 1.12 bits per heavy atom. The molecule has 1 heterocycles. The molecular weight excluding hydrogens is 444 g/mol. The Hall–Kier alpha value is -3.47. The van der Waals surface area contributed by atoms with Gasteiger partial charge in [0, 0.05) is 24.7 Å². The van der Waals surface area contributed by atoms with Crippen molar-refractivity contribution in [2.24, 2.45) is 5.73 Å². The molecule has 32 heavy (non-hydrogen) atoms. The summed E-state index contributed by atoms with van der Waals surface area (Å²) in [5, 5.41) is -0.448. The zero-order valence-corrected chi connectivity index (χ0v) is 18.1. The highest BCUT2D eigenvalue weighted by atomic mass is 32.2. The monoisotopic (exact) mass is 465 g/mol. The van der Waals surface area contributed by atoms with E-state index in [0.29, 0.717) is 6.07 Å². The quantitative estimate of drug-likeness (QED) is 0.508. The Labute approximate surface area is 183 Å². The fraction of sp³-hybridized carbons (Fsp3) is 0.238. The first-order chi connectivity index (χ1) is 15.1. The molecule has 1 amide bonds. The number of halogens is 2. The molecule has 2 aromatic carbocycles. The van der Waals surface area contributed by atoms with E-state index in [1.165, 1.54) is 0 Å². The molecule has 0 atom stereocenters. The Bertz CT molecular complexity index is 1210. The fourth-order valence-electron chi connectivity index (χ4n) is 3.16. The first-order valence-corrected chi connectivity index (χ1v) is 10.9. The number of nitrogens with two attached hydrogens (primary N) is 1. The van der Waals surface area contributed by atoms with Gasteiger partial charge in [0.15, 0.2) is 6.61 Å². The molecule has 0 aliphatic carbocycles. The number of hydrogen-bond acceptors (Lipinski definition) is 6. The van der Waals surface area contributed by atoms with Gasteiger partial charge >= 0.3 is 16.2 Å². The van der Waals surface area contributed by atoms with Crippen LogP contribution in [0, 0.1) is 11.6 Å². The van der Waals surface area contributed by atoms with Gasteiger partial charge in [-0.25, -0.2) is 18.6 Å².